The van der Waals surface area contributed by atoms with Gasteiger partial charge in [0.2, 0.25) is 0 Å². The zero-order valence-electron chi connectivity index (χ0n) is 12.2. The summed E-state index contributed by atoms with van der Waals surface area (Å²) in [6.07, 6.45) is -4.40. The molecule has 0 aliphatic rings. The van der Waals surface area contributed by atoms with Crippen LogP contribution in [0.2, 0.25) is 10.0 Å². The minimum absolute atomic E-state index is 0.00137. The smallest absolute Gasteiger partial charge is 0.289 e. The summed E-state index contributed by atoms with van der Waals surface area (Å²) in [6, 6.07) is 6.85. The van der Waals surface area contributed by atoms with Crippen molar-refractivity contribution in [3.05, 3.63) is 75.0 Å². The maximum absolute atomic E-state index is 13.5. The number of hydrogen-bond donors (Lipinski definition) is 0. The normalized spacial score (nSPS) is 12.4. The van der Waals surface area contributed by atoms with Gasteiger partial charge in [-0.2, -0.15) is 13.2 Å². The number of rotatable bonds is 3. The summed E-state index contributed by atoms with van der Waals surface area (Å²) in [5.74, 6) is -1.65. The zero-order valence-corrected chi connectivity index (χ0v) is 13.7. The molecule has 0 fully saturated rings. The maximum atomic E-state index is 13.5. The van der Waals surface area contributed by atoms with E-state index in [1.54, 1.807) is 0 Å². The first kappa shape index (κ1) is 18.5. The first-order chi connectivity index (χ1) is 11.1. The lowest BCUT2D eigenvalue weighted by Crippen LogP contribution is -2.13. The molecule has 0 unspecified atom stereocenters. The van der Waals surface area contributed by atoms with E-state index in [9.17, 15) is 22.4 Å². The molecule has 2 aromatic carbocycles. The Labute approximate surface area is 145 Å². The molecule has 0 aliphatic heterocycles. The number of alkyl halides is 3. The summed E-state index contributed by atoms with van der Waals surface area (Å²) in [5.41, 5.74) is -1.46. The fraction of sp³-hybridized carbons (Fsp3) is 0.118. The molecule has 0 amide bonds. The molecule has 0 heterocycles. The van der Waals surface area contributed by atoms with Gasteiger partial charge >= 0.3 is 6.18 Å². The molecule has 0 radical (unpaired) electrons. The van der Waals surface area contributed by atoms with E-state index in [4.69, 9.17) is 23.2 Å². The van der Waals surface area contributed by atoms with Gasteiger partial charge in [-0.1, -0.05) is 35.3 Å². The number of ketones is 1. The number of hydrogen-bond acceptors (Lipinski definition) is 1. The molecule has 0 spiro atoms. The van der Waals surface area contributed by atoms with E-state index in [0.717, 1.165) is 18.2 Å². The summed E-state index contributed by atoms with van der Waals surface area (Å²) in [5, 5.41) is 0.00274. The molecule has 1 nitrogen and oxygen atoms in total. The Morgan fingerprint density at radius 1 is 1.00 bits per heavy atom. The lowest BCUT2D eigenvalue weighted by molar-refractivity contribution is -0.0689. The Kier molecular flexibility index (Phi) is 5.35. The molecule has 0 saturated heterocycles. The van der Waals surface area contributed by atoms with Gasteiger partial charge in [0, 0.05) is 15.6 Å². The van der Waals surface area contributed by atoms with Gasteiger partial charge in [-0.05, 0) is 48.4 Å². The van der Waals surface area contributed by atoms with E-state index >= 15 is 0 Å². The Hall–Kier alpha value is -1.85. The average molecular weight is 377 g/mol. The molecule has 126 valence electrons. The van der Waals surface area contributed by atoms with Crippen molar-refractivity contribution in [1.29, 1.82) is 0 Å². The number of carbonyl (C=O) groups excluding carboxylic acids is 1. The van der Waals surface area contributed by atoms with E-state index in [0.29, 0.717) is 6.08 Å². The highest BCUT2D eigenvalue weighted by Crippen LogP contribution is 2.36. The molecule has 2 rings (SSSR count). The third-order valence-corrected chi connectivity index (χ3v) is 3.65. The Morgan fingerprint density at radius 2 is 1.58 bits per heavy atom. The Morgan fingerprint density at radius 3 is 2.08 bits per heavy atom. The van der Waals surface area contributed by atoms with Gasteiger partial charge in [0.15, 0.2) is 5.78 Å². The third kappa shape index (κ3) is 4.36. The van der Waals surface area contributed by atoms with E-state index in [2.05, 4.69) is 0 Å². The van der Waals surface area contributed by atoms with Gasteiger partial charge in [0.25, 0.3) is 0 Å². The molecule has 0 N–H and O–H groups in total. The van der Waals surface area contributed by atoms with Crippen molar-refractivity contribution in [2.24, 2.45) is 0 Å². The summed E-state index contributed by atoms with van der Waals surface area (Å²) >= 11 is 11.4. The van der Waals surface area contributed by atoms with Crippen LogP contribution in [0.25, 0.3) is 5.57 Å². The number of benzene rings is 2. The predicted molar refractivity (Wildman–Crippen MR) is 86.0 cm³/mol. The number of allylic oxidation sites excluding steroid dienone is 2. The number of aryl methyl sites for hydroxylation is 1. The van der Waals surface area contributed by atoms with Crippen LogP contribution in [0.4, 0.5) is 17.6 Å². The van der Waals surface area contributed by atoms with Crippen molar-refractivity contribution >= 4 is 34.6 Å². The second-order valence-electron chi connectivity index (χ2n) is 5.04. The summed E-state index contributed by atoms with van der Waals surface area (Å²) < 4.78 is 53.4. The monoisotopic (exact) mass is 376 g/mol. The molecule has 0 saturated carbocycles. The van der Waals surface area contributed by atoms with Gasteiger partial charge < -0.3 is 0 Å². The molecular formula is C17H10Cl2F4O. The van der Waals surface area contributed by atoms with Crippen molar-refractivity contribution in [1.82, 2.24) is 0 Å². The second kappa shape index (κ2) is 6.95. The molecule has 24 heavy (non-hydrogen) atoms. The topological polar surface area (TPSA) is 17.1 Å². The fourth-order valence-electron chi connectivity index (χ4n) is 2.00. The van der Waals surface area contributed by atoms with Crippen LogP contribution >= 0.6 is 23.2 Å². The highest BCUT2D eigenvalue weighted by molar-refractivity contribution is 6.35. The largest absolute Gasteiger partial charge is 0.417 e. The van der Waals surface area contributed by atoms with E-state index in [-0.39, 0.29) is 26.7 Å². The molecule has 0 atom stereocenters. The van der Waals surface area contributed by atoms with Gasteiger partial charge in [0.1, 0.15) is 5.82 Å². The molecule has 2 aromatic rings. The SMILES string of the molecule is Cc1ccc(C(=O)/C=C(\c2cc(Cl)cc(Cl)c2)C(F)(F)F)cc1F. The van der Waals surface area contributed by atoms with Crippen LogP contribution in [0.3, 0.4) is 0 Å². The molecule has 0 aliphatic carbocycles. The summed E-state index contributed by atoms with van der Waals surface area (Å²) in [6.45, 7) is 1.48. The van der Waals surface area contributed by atoms with Gasteiger partial charge in [-0.15, -0.1) is 0 Å². The van der Waals surface area contributed by atoms with Crippen LogP contribution in [-0.2, 0) is 0 Å². The van der Waals surface area contributed by atoms with Crippen molar-refractivity contribution in [2.45, 2.75) is 13.1 Å². The maximum Gasteiger partial charge on any atom is 0.417 e. The zero-order chi connectivity index (χ0) is 18.1. The van der Waals surface area contributed by atoms with Crippen LogP contribution in [-0.4, -0.2) is 12.0 Å². The van der Waals surface area contributed by atoms with Crippen LogP contribution < -0.4 is 0 Å². The Balaban J connectivity index is 2.53. The molecule has 0 aromatic heterocycles. The first-order valence-corrected chi connectivity index (χ1v) is 7.39. The van der Waals surface area contributed by atoms with Crippen LogP contribution in [0, 0.1) is 12.7 Å². The lowest BCUT2D eigenvalue weighted by Gasteiger charge is -2.13. The van der Waals surface area contributed by atoms with Gasteiger partial charge in [-0.3, -0.25) is 4.79 Å². The van der Waals surface area contributed by atoms with E-state index < -0.39 is 23.3 Å². The quantitative estimate of drug-likeness (QED) is 0.350. The number of halogens is 6. The van der Waals surface area contributed by atoms with Crippen LogP contribution in [0.15, 0.2) is 42.5 Å². The van der Waals surface area contributed by atoms with Crippen LogP contribution in [0.5, 0.6) is 0 Å². The van der Waals surface area contributed by atoms with Gasteiger partial charge in [0.05, 0.1) is 5.57 Å². The standard InChI is InChI=1S/C17H10Cl2F4O/c1-9-2-3-10(6-15(9)20)16(24)8-14(17(21,22)23)11-4-12(18)7-13(19)5-11/h2-8H,1H3/b14-8+. The van der Waals surface area contributed by atoms with E-state index in [1.165, 1.54) is 25.1 Å². The second-order valence-corrected chi connectivity index (χ2v) is 5.91. The van der Waals surface area contributed by atoms with Crippen molar-refractivity contribution in [2.75, 3.05) is 0 Å². The van der Waals surface area contributed by atoms with Crippen LogP contribution in [0.1, 0.15) is 21.5 Å². The van der Waals surface area contributed by atoms with Gasteiger partial charge in [-0.25, -0.2) is 4.39 Å². The molecule has 0 bridgehead atoms. The predicted octanol–water partition coefficient (Wildman–Crippen LogP) is 6.27. The minimum atomic E-state index is -4.81. The third-order valence-electron chi connectivity index (χ3n) is 3.21. The Bertz CT molecular complexity index is 806. The summed E-state index contributed by atoms with van der Waals surface area (Å²) in [7, 11) is 0. The van der Waals surface area contributed by atoms with Crippen molar-refractivity contribution < 1.29 is 22.4 Å². The minimum Gasteiger partial charge on any atom is -0.289 e. The highest BCUT2D eigenvalue weighted by atomic mass is 35.5. The molecule has 7 heteroatoms. The molecular weight excluding hydrogens is 367 g/mol. The number of carbonyl (C=O) groups is 1. The first-order valence-electron chi connectivity index (χ1n) is 6.64. The lowest BCUT2D eigenvalue weighted by atomic mass is 10.0. The van der Waals surface area contributed by atoms with Crippen molar-refractivity contribution in [3.8, 4) is 0 Å². The fourth-order valence-corrected chi connectivity index (χ4v) is 2.52. The van der Waals surface area contributed by atoms with E-state index in [1.807, 2.05) is 0 Å². The average Bonchev–Trinajstić information content (AvgIpc) is 2.45. The summed E-state index contributed by atoms with van der Waals surface area (Å²) in [4.78, 5) is 12.1. The van der Waals surface area contributed by atoms with Crippen molar-refractivity contribution in [3.63, 3.8) is 0 Å². The highest BCUT2D eigenvalue weighted by Gasteiger charge is 2.35.